The van der Waals surface area contributed by atoms with Gasteiger partial charge in [-0.1, -0.05) is 13.0 Å². The van der Waals surface area contributed by atoms with E-state index in [1.165, 1.54) is 29.9 Å². The van der Waals surface area contributed by atoms with Gasteiger partial charge in [-0.25, -0.2) is 4.39 Å². The zero-order valence-electron chi connectivity index (χ0n) is 11.9. The fourth-order valence-corrected chi connectivity index (χ4v) is 4.07. The van der Waals surface area contributed by atoms with Gasteiger partial charge in [-0.3, -0.25) is 0 Å². The Kier molecular flexibility index (Phi) is 5.71. The minimum absolute atomic E-state index is 0.129. The van der Waals surface area contributed by atoms with E-state index in [1.807, 2.05) is 13.0 Å². The molecule has 1 saturated heterocycles. The van der Waals surface area contributed by atoms with Crippen LogP contribution in [0.1, 0.15) is 30.9 Å². The smallest absolute Gasteiger partial charge is 0.123 e. The summed E-state index contributed by atoms with van der Waals surface area (Å²) in [7, 11) is 0. The van der Waals surface area contributed by atoms with Gasteiger partial charge in [0.05, 0.1) is 0 Å². The Morgan fingerprint density at radius 1 is 1.47 bits per heavy atom. The van der Waals surface area contributed by atoms with E-state index in [9.17, 15) is 4.39 Å². The van der Waals surface area contributed by atoms with Crippen LogP contribution >= 0.6 is 11.8 Å². The minimum atomic E-state index is -0.129. The van der Waals surface area contributed by atoms with Crippen molar-refractivity contribution < 1.29 is 4.39 Å². The zero-order chi connectivity index (χ0) is 13.7. The largest absolute Gasteiger partial charge is 0.313 e. The van der Waals surface area contributed by atoms with Crippen LogP contribution in [0.15, 0.2) is 18.2 Å². The molecule has 1 aliphatic rings. The molecular weight excluding hydrogens is 257 g/mol. The van der Waals surface area contributed by atoms with E-state index in [0.29, 0.717) is 6.04 Å². The SMILES string of the molecule is CCCNC(Cc1ccc(F)cc1C)C1CCSC1. The van der Waals surface area contributed by atoms with Crippen LogP contribution in [0.4, 0.5) is 4.39 Å². The normalized spacial score (nSPS) is 20.7. The van der Waals surface area contributed by atoms with Crippen molar-refractivity contribution in [3.63, 3.8) is 0 Å². The number of hydrogen-bond acceptors (Lipinski definition) is 2. The molecule has 2 unspecified atom stereocenters. The Morgan fingerprint density at radius 3 is 2.95 bits per heavy atom. The third-order valence-electron chi connectivity index (χ3n) is 3.93. The average Bonchev–Trinajstić information content (AvgIpc) is 2.90. The van der Waals surface area contributed by atoms with Crippen molar-refractivity contribution in [2.45, 2.75) is 39.2 Å². The molecular formula is C16H24FNS. The molecule has 0 amide bonds. The topological polar surface area (TPSA) is 12.0 Å². The molecule has 0 radical (unpaired) electrons. The predicted molar refractivity (Wildman–Crippen MR) is 82.4 cm³/mol. The average molecular weight is 281 g/mol. The molecule has 0 spiro atoms. The number of hydrogen-bond donors (Lipinski definition) is 1. The van der Waals surface area contributed by atoms with Crippen LogP contribution in [-0.2, 0) is 6.42 Å². The molecule has 1 N–H and O–H groups in total. The summed E-state index contributed by atoms with van der Waals surface area (Å²) in [5.74, 6) is 3.19. The molecule has 0 aliphatic carbocycles. The summed E-state index contributed by atoms with van der Waals surface area (Å²) >= 11 is 2.06. The lowest BCUT2D eigenvalue weighted by molar-refractivity contribution is 0.379. The fraction of sp³-hybridized carbons (Fsp3) is 0.625. The van der Waals surface area contributed by atoms with Gasteiger partial charge in [0.15, 0.2) is 0 Å². The van der Waals surface area contributed by atoms with Crippen molar-refractivity contribution in [3.8, 4) is 0 Å². The van der Waals surface area contributed by atoms with Crippen LogP contribution in [0.25, 0.3) is 0 Å². The van der Waals surface area contributed by atoms with Crippen LogP contribution in [0.2, 0.25) is 0 Å². The molecule has 1 fully saturated rings. The second kappa shape index (κ2) is 7.30. The van der Waals surface area contributed by atoms with Gasteiger partial charge in [-0.2, -0.15) is 11.8 Å². The summed E-state index contributed by atoms with van der Waals surface area (Å²) in [6.07, 6.45) is 3.50. The molecule has 106 valence electrons. The van der Waals surface area contributed by atoms with E-state index in [0.717, 1.165) is 24.4 Å². The van der Waals surface area contributed by atoms with E-state index in [4.69, 9.17) is 0 Å². The standard InChI is InChI=1S/C16H24FNS/c1-3-7-18-16(14-6-8-19-11-14)10-13-4-5-15(17)9-12(13)2/h4-5,9,14,16,18H,3,6-8,10-11H2,1-2H3. The highest BCUT2D eigenvalue weighted by Crippen LogP contribution is 2.28. The molecule has 1 aliphatic heterocycles. The number of thioether (sulfide) groups is 1. The van der Waals surface area contributed by atoms with Crippen molar-refractivity contribution in [1.82, 2.24) is 5.32 Å². The van der Waals surface area contributed by atoms with Gasteiger partial charge in [-0.05, 0) is 73.4 Å². The van der Waals surface area contributed by atoms with Gasteiger partial charge in [0.2, 0.25) is 0 Å². The third kappa shape index (κ3) is 4.22. The summed E-state index contributed by atoms with van der Waals surface area (Å²) < 4.78 is 13.2. The van der Waals surface area contributed by atoms with E-state index in [-0.39, 0.29) is 5.82 Å². The van der Waals surface area contributed by atoms with Gasteiger partial charge < -0.3 is 5.32 Å². The van der Waals surface area contributed by atoms with Crippen LogP contribution in [-0.4, -0.2) is 24.1 Å². The van der Waals surface area contributed by atoms with E-state index in [2.05, 4.69) is 24.0 Å². The third-order valence-corrected chi connectivity index (χ3v) is 5.12. The van der Waals surface area contributed by atoms with Crippen molar-refractivity contribution in [3.05, 3.63) is 35.1 Å². The summed E-state index contributed by atoms with van der Waals surface area (Å²) in [6, 6.07) is 5.73. The molecule has 0 aromatic heterocycles. The van der Waals surface area contributed by atoms with Gasteiger partial charge in [0, 0.05) is 6.04 Å². The summed E-state index contributed by atoms with van der Waals surface area (Å²) in [5, 5.41) is 3.69. The van der Waals surface area contributed by atoms with E-state index >= 15 is 0 Å². The first-order valence-corrected chi connectivity index (χ1v) is 8.42. The maximum Gasteiger partial charge on any atom is 0.123 e. The molecule has 19 heavy (non-hydrogen) atoms. The summed E-state index contributed by atoms with van der Waals surface area (Å²) in [4.78, 5) is 0. The summed E-state index contributed by atoms with van der Waals surface area (Å²) in [6.45, 7) is 5.29. The zero-order valence-corrected chi connectivity index (χ0v) is 12.7. The van der Waals surface area contributed by atoms with Crippen LogP contribution in [0.5, 0.6) is 0 Å². The molecule has 1 heterocycles. The van der Waals surface area contributed by atoms with Gasteiger partial charge >= 0.3 is 0 Å². The van der Waals surface area contributed by atoms with Crippen molar-refractivity contribution in [2.24, 2.45) is 5.92 Å². The molecule has 2 atom stereocenters. The quantitative estimate of drug-likeness (QED) is 0.851. The highest BCUT2D eigenvalue weighted by molar-refractivity contribution is 7.99. The Balaban J connectivity index is 2.05. The second-order valence-electron chi connectivity index (χ2n) is 5.46. The van der Waals surface area contributed by atoms with Gasteiger partial charge in [0.1, 0.15) is 5.82 Å². The minimum Gasteiger partial charge on any atom is -0.313 e. The lowest BCUT2D eigenvalue weighted by Crippen LogP contribution is -2.38. The first kappa shape index (κ1) is 14.9. The van der Waals surface area contributed by atoms with Crippen LogP contribution in [0.3, 0.4) is 0 Å². The Labute approximate surface area is 120 Å². The van der Waals surface area contributed by atoms with Crippen LogP contribution in [0, 0.1) is 18.7 Å². The molecule has 1 nitrogen and oxygen atoms in total. The second-order valence-corrected chi connectivity index (χ2v) is 6.61. The Hall–Kier alpha value is -0.540. The maximum absolute atomic E-state index is 13.2. The fourth-order valence-electron chi connectivity index (χ4n) is 2.73. The van der Waals surface area contributed by atoms with Crippen molar-refractivity contribution in [1.29, 1.82) is 0 Å². The van der Waals surface area contributed by atoms with E-state index < -0.39 is 0 Å². The molecule has 0 bridgehead atoms. The van der Waals surface area contributed by atoms with E-state index in [1.54, 1.807) is 12.1 Å². The van der Waals surface area contributed by atoms with Gasteiger partial charge in [0.25, 0.3) is 0 Å². The maximum atomic E-state index is 13.2. The highest BCUT2D eigenvalue weighted by Gasteiger charge is 2.25. The molecule has 2 rings (SSSR count). The number of halogens is 1. The monoisotopic (exact) mass is 281 g/mol. The molecule has 1 aromatic rings. The first-order chi connectivity index (χ1) is 9.20. The number of rotatable bonds is 6. The van der Waals surface area contributed by atoms with Crippen molar-refractivity contribution in [2.75, 3.05) is 18.1 Å². The molecule has 3 heteroatoms. The Bertz CT molecular complexity index is 402. The predicted octanol–water partition coefficient (Wildman–Crippen LogP) is 3.80. The summed E-state index contributed by atoms with van der Waals surface area (Å²) in [5.41, 5.74) is 2.36. The number of nitrogens with one attached hydrogen (secondary N) is 1. The highest BCUT2D eigenvalue weighted by atomic mass is 32.2. The molecule has 0 saturated carbocycles. The number of aryl methyl sites for hydroxylation is 1. The molecule has 1 aromatic carbocycles. The lowest BCUT2D eigenvalue weighted by atomic mass is 9.91. The lowest BCUT2D eigenvalue weighted by Gasteiger charge is -2.25. The Morgan fingerprint density at radius 2 is 2.32 bits per heavy atom. The van der Waals surface area contributed by atoms with Gasteiger partial charge in [-0.15, -0.1) is 0 Å². The number of benzene rings is 1. The first-order valence-electron chi connectivity index (χ1n) is 7.27. The van der Waals surface area contributed by atoms with Crippen molar-refractivity contribution >= 4 is 11.8 Å². The van der Waals surface area contributed by atoms with Crippen LogP contribution < -0.4 is 5.32 Å².